The zero-order valence-corrected chi connectivity index (χ0v) is 15.5. The van der Waals surface area contributed by atoms with Gasteiger partial charge >= 0.3 is 0 Å². The smallest absolute Gasteiger partial charge is 0.233 e. The van der Waals surface area contributed by atoms with Crippen LogP contribution in [0.15, 0.2) is 48.5 Å². The fourth-order valence-electron chi connectivity index (χ4n) is 2.21. The fraction of sp³-hybridized carbons (Fsp3) is 0.222. The Balaban J connectivity index is 1.84. The average Bonchev–Trinajstić information content (AvgIpc) is 2.59. The van der Waals surface area contributed by atoms with Crippen LogP contribution < -0.4 is 15.4 Å². The van der Waals surface area contributed by atoms with Crippen LogP contribution in [0.3, 0.4) is 0 Å². The van der Waals surface area contributed by atoms with Crippen molar-refractivity contribution < 1.29 is 22.4 Å². The number of hydrogen-bond donors (Lipinski definition) is 3. The summed E-state index contributed by atoms with van der Waals surface area (Å²) < 4.78 is 39.4. The number of nitrogens with one attached hydrogen (secondary N) is 3. The summed E-state index contributed by atoms with van der Waals surface area (Å²) in [5.41, 5.74) is 1.45. The Labute approximate surface area is 157 Å². The molecule has 0 atom stereocenters. The second-order valence-electron chi connectivity index (χ2n) is 5.84. The van der Waals surface area contributed by atoms with Crippen LogP contribution in [0.5, 0.6) is 0 Å². The summed E-state index contributed by atoms with van der Waals surface area (Å²) in [7, 11) is -3.74. The van der Waals surface area contributed by atoms with Gasteiger partial charge in [0.25, 0.3) is 0 Å². The summed E-state index contributed by atoms with van der Waals surface area (Å²) >= 11 is 0. The van der Waals surface area contributed by atoms with Crippen LogP contribution in [0.2, 0.25) is 0 Å². The predicted molar refractivity (Wildman–Crippen MR) is 101 cm³/mol. The lowest BCUT2D eigenvalue weighted by molar-refractivity contribution is -0.120. The van der Waals surface area contributed by atoms with Gasteiger partial charge in [-0.3, -0.25) is 14.3 Å². The summed E-state index contributed by atoms with van der Waals surface area (Å²) in [5, 5.41) is 5.14. The van der Waals surface area contributed by atoms with Gasteiger partial charge in [-0.15, -0.1) is 0 Å². The van der Waals surface area contributed by atoms with Crippen molar-refractivity contribution >= 4 is 33.2 Å². The molecule has 7 nitrogen and oxygen atoms in total. The van der Waals surface area contributed by atoms with Gasteiger partial charge in [0, 0.05) is 25.6 Å². The first-order valence-electron chi connectivity index (χ1n) is 8.13. The quantitative estimate of drug-likeness (QED) is 0.640. The molecule has 3 N–H and O–H groups in total. The Kier molecular flexibility index (Phi) is 6.89. The topological polar surface area (TPSA) is 104 Å². The van der Waals surface area contributed by atoms with Crippen molar-refractivity contribution in [2.24, 2.45) is 0 Å². The number of benzene rings is 2. The van der Waals surface area contributed by atoms with Gasteiger partial charge in [-0.1, -0.05) is 18.2 Å². The van der Waals surface area contributed by atoms with Crippen molar-refractivity contribution in [3.63, 3.8) is 0 Å². The minimum Gasteiger partial charge on any atom is -0.352 e. The third kappa shape index (κ3) is 7.45. The maximum Gasteiger partial charge on any atom is 0.233 e. The largest absolute Gasteiger partial charge is 0.352 e. The van der Waals surface area contributed by atoms with Crippen molar-refractivity contribution in [1.29, 1.82) is 0 Å². The molecular weight excluding hydrogens is 373 g/mol. The molecule has 0 fully saturated rings. The highest BCUT2D eigenvalue weighted by Crippen LogP contribution is 2.16. The molecule has 0 saturated carbocycles. The molecule has 0 heterocycles. The molecule has 9 heteroatoms. The highest BCUT2D eigenvalue weighted by molar-refractivity contribution is 7.92. The highest BCUT2D eigenvalue weighted by Gasteiger charge is 2.14. The minimum absolute atomic E-state index is 0.186. The van der Waals surface area contributed by atoms with Crippen molar-refractivity contribution in [3.05, 3.63) is 59.9 Å². The van der Waals surface area contributed by atoms with Crippen molar-refractivity contribution in [2.75, 3.05) is 15.8 Å². The number of amides is 2. The van der Waals surface area contributed by atoms with Crippen LogP contribution in [0, 0.1) is 5.82 Å². The molecule has 0 aliphatic carbocycles. The summed E-state index contributed by atoms with van der Waals surface area (Å²) in [6.07, 6.45) is -0.220. The van der Waals surface area contributed by atoms with E-state index in [-0.39, 0.29) is 30.4 Å². The number of sulfonamides is 1. The van der Waals surface area contributed by atoms with Crippen LogP contribution in [0.4, 0.5) is 15.8 Å². The molecule has 0 bridgehead atoms. The SMILES string of the molecule is CC(=O)Nc1cccc(NS(=O)(=O)CCC(=O)NCc2ccc(F)cc2)c1. The Morgan fingerprint density at radius 3 is 2.37 bits per heavy atom. The van der Waals surface area contributed by atoms with E-state index in [1.165, 1.54) is 43.3 Å². The van der Waals surface area contributed by atoms with E-state index in [0.29, 0.717) is 11.3 Å². The van der Waals surface area contributed by atoms with Gasteiger partial charge in [0.1, 0.15) is 5.82 Å². The molecule has 0 unspecified atom stereocenters. The molecule has 0 radical (unpaired) electrons. The molecule has 0 spiro atoms. The van der Waals surface area contributed by atoms with E-state index in [9.17, 15) is 22.4 Å². The third-order valence-electron chi connectivity index (χ3n) is 3.46. The van der Waals surface area contributed by atoms with Gasteiger partial charge in [-0.25, -0.2) is 12.8 Å². The van der Waals surface area contributed by atoms with E-state index < -0.39 is 21.7 Å². The zero-order valence-electron chi connectivity index (χ0n) is 14.7. The molecule has 144 valence electrons. The molecule has 2 aromatic rings. The lowest BCUT2D eigenvalue weighted by Crippen LogP contribution is -2.27. The van der Waals surface area contributed by atoms with Gasteiger partial charge in [0.05, 0.1) is 11.4 Å². The maximum atomic E-state index is 12.8. The van der Waals surface area contributed by atoms with Crippen LogP contribution in [-0.2, 0) is 26.2 Å². The number of halogens is 1. The van der Waals surface area contributed by atoms with Gasteiger partial charge in [0.2, 0.25) is 21.8 Å². The van der Waals surface area contributed by atoms with E-state index in [0.717, 1.165) is 0 Å². The molecule has 0 aliphatic heterocycles. The van der Waals surface area contributed by atoms with E-state index in [2.05, 4.69) is 15.4 Å². The van der Waals surface area contributed by atoms with Crippen molar-refractivity contribution in [2.45, 2.75) is 19.9 Å². The normalized spacial score (nSPS) is 10.9. The van der Waals surface area contributed by atoms with E-state index in [1.807, 2.05) is 0 Å². The summed E-state index contributed by atoms with van der Waals surface area (Å²) in [5.74, 6) is -1.47. The van der Waals surface area contributed by atoms with E-state index >= 15 is 0 Å². The number of hydrogen-bond acceptors (Lipinski definition) is 4. The van der Waals surface area contributed by atoms with Crippen molar-refractivity contribution in [3.8, 4) is 0 Å². The van der Waals surface area contributed by atoms with Crippen LogP contribution >= 0.6 is 0 Å². The van der Waals surface area contributed by atoms with Crippen molar-refractivity contribution in [1.82, 2.24) is 5.32 Å². The Morgan fingerprint density at radius 2 is 1.70 bits per heavy atom. The Bertz CT molecular complexity index is 914. The molecule has 0 aromatic heterocycles. The predicted octanol–water partition coefficient (Wildman–Crippen LogP) is 2.23. The van der Waals surface area contributed by atoms with Gasteiger partial charge in [-0.2, -0.15) is 0 Å². The number of carbonyl (C=O) groups is 2. The third-order valence-corrected chi connectivity index (χ3v) is 4.75. The zero-order chi connectivity index (χ0) is 19.9. The van der Waals surface area contributed by atoms with Crippen LogP contribution in [0.25, 0.3) is 0 Å². The fourth-order valence-corrected chi connectivity index (χ4v) is 3.25. The molecular formula is C18H20FN3O4S. The molecule has 27 heavy (non-hydrogen) atoms. The molecule has 2 rings (SSSR count). The van der Waals surface area contributed by atoms with E-state index in [1.54, 1.807) is 12.1 Å². The number of rotatable bonds is 8. The second kappa shape index (κ2) is 9.13. The number of carbonyl (C=O) groups excluding carboxylic acids is 2. The maximum absolute atomic E-state index is 12.8. The lowest BCUT2D eigenvalue weighted by Gasteiger charge is -2.10. The second-order valence-corrected chi connectivity index (χ2v) is 7.68. The minimum atomic E-state index is -3.74. The first-order chi connectivity index (χ1) is 12.7. The highest BCUT2D eigenvalue weighted by atomic mass is 32.2. The standard InChI is InChI=1S/C18H20FN3O4S/c1-13(23)21-16-3-2-4-17(11-16)22-27(25,26)10-9-18(24)20-12-14-5-7-15(19)8-6-14/h2-8,11,22H,9-10,12H2,1H3,(H,20,24)(H,21,23). The molecule has 0 aliphatic rings. The summed E-state index contributed by atoms with van der Waals surface area (Å²) in [6, 6.07) is 11.9. The molecule has 0 saturated heterocycles. The molecule has 2 amide bonds. The van der Waals surface area contributed by atoms with Gasteiger partial charge in [0.15, 0.2) is 0 Å². The average molecular weight is 393 g/mol. The summed E-state index contributed by atoms with van der Waals surface area (Å²) in [4.78, 5) is 22.9. The first kappa shape index (κ1) is 20.4. The Hall–Kier alpha value is -2.94. The van der Waals surface area contributed by atoms with E-state index in [4.69, 9.17) is 0 Å². The molecule has 2 aromatic carbocycles. The lowest BCUT2D eigenvalue weighted by atomic mass is 10.2. The van der Waals surface area contributed by atoms with Crippen LogP contribution in [-0.4, -0.2) is 26.0 Å². The van der Waals surface area contributed by atoms with Crippen LogP contribution in [0.1, 0.15) is 18.9 Å². The summed E-state index contributed by atoms with van der Waals surface area (Å²) in [6.45, 7) is 1.53. The number of anilines is 2. The Morgan fingerprint density at radius 1 is 1.04 bits per heavy atom. The van der Waals surface area contributed by atoms with Gasteiger partial charge in [-0.05, 0) is 35.9 Å². The monoisotopic (exact) mass is 393 g/mol. The first-order valence-corrected chi connectivity index (χ1v) is 9.78. The van der Waals surface area contributed by atoms with Gasteiger partial charge < -0.3 is 10.6 Å².